The van der Waals surface area contributed by atoms with E-state index in [-0.39, 0.29) is 5.78 Å². The fourth-order valence-corrected chi connectivity index (χ4v) is 3.19. The van der Waals surface area contributed by atoms with Gasteiger partial charge in [-0.25, -0.2) is 0 Å². The van der Waals surface area contributed by atoms with E-state index in [1.807, 2.05) is 30.3 Å². The van der Waals surface area contributed by atoms with Crippen molar-refractivity contribution in [2.45, 2.75) is 25.7 Å². The van der Waals surface area contributed by atoms with Crippen LogP contribution in [0.1, 0.15) is 24.0 Å². The molecular formula is C24H25NO3. The normalized spacial score (nSPS) is 10.5. The van der Waals surface area contributed by atoms with Crippen molar-refractivity contribution in [1.82, 2.24) is 4.98 Å². The van der Waals surface area contributed by atoms with Gasteiger partial charge in [0, 0.05) is 25.2 Å². The monoisotopic (exact) mass is 375 g/mol. The van der Waals surface area contributed by atoms with E-state index in [1.54, 1.807) is 26.6 Å². The van der Waals surface area contributed by atoms with Crippen LogP contribution in [0.15, 0.2) is 67.0 Å². The van der Waals surface area contributed by atoms with Gasteiger partial charge < -0.3 is 9.47 Å². The highest BCUT2D eigenvalue weighted by atomic mass is 16.5. The number of ether oxygens (including phenoxy) is 2. The molecule has 4 heteroatoms. The lowest BCUT2D eigenvalue weighted by Gasteiger charge is -2.10. The molecule has 2 aromatic carbocycles. The maximum absolute atomic E-state index is 12.1. The summed E-state index contributed by atoms with van der Waals surface area (Å²) in [6.07, 6.45) is 6.28. The van der Waals surface area contributed by atoms with Crippen molar-refractivity contribution in [3.8, 4) is 22.6 Å². The molecular weight excluding hydrogens is 350 g/mol. The molecule has 0 saturated carbocycles. The Morgan fingerprint density at radius 1 is 0.893 bits per heavy atom. The molecule has 0 aliphatic heterocycles. The van der Waals surface area contributed by atoms with Crippen molar-refractivity contribution in [1.29, 1.82) is 0 Å². The number of carbonyl (C=O) groups excluding carboxylic acids is 1. The largest absolute Gasteiger partial charge is 0.493 e. The fraction of sp³-hybridized carbons (Fsp3) is 0.250. The molecule has 0 saturated heterocycles. The second-order valence-corrected chi connectivity index (χ2v) is 6.70. The minimum Gasteiger partial charge on any atom is -0.493 e. The highest BCUT2D eigenvalue weighted by molar-refractivity contribution is 5.80. The number of pyridine rings is 1. The molecule has 28 heavy (non-hydrogen) atoms. The summed E-state index contributed by atoms with van der Waals surface area (Å²) < 4.78 is 10.7. The van der Waals surface area contributed by atoms with Crippen LogP contribution in [0.25, 0.3) is 11.1 Å². The van der Waals surface area contributed by atoms with E-state index in [0.29, 0.717) is 12.8 Å². The van der Waals surface area contributed by atoms with Crippen LogP contribution in [0.2, 0.25) is 0 Å². The van der Waals surface area contributed by atoms with E-state index in [9.17, 15) is 4.79 Å². The molecule has 4 nitrogen and oxygen atoms in total. The third kappa shape index (κ3) is 5.19. The second kappa shape index (κ2) is 9.70. The van der Waals surface area contributed by atoms with Gasteiger partial charge in [0.2, 0.25) is 0 Å². The van der Waals surface area contributed by atoms with Crippen LogP contribution in [-0.2, 0) is 17.6 Å². The minimum absolute atomic E-state index is 0.259. The van der Waals surface area contributed by atoms with E-state index >= 15 is 0 Å². The van der Waals surface area contributed by atoms with Gasteiger partial charge in [-0.2, -0.15) is 0 Å². The van der Waals surface area contributed by atoms with Crippen molar-refractivity contribution in [2.24, 2.45) is 0 Å². The zero-order valence-electron chi connectivity index (χ0n) is 16.4. The zero-order chi connectivity index (χ0) is 19.8. The van der Waals surface area contributed by atoms with E-state index in [1.165, 1.54) is 5.56 Å². The standard InChI is InChI=1S/C24H25NO3/c1-27-23-13-12-21(16-24(23)28-2)20-10-8-18(9-11-20)5-3-7-22(26)15-19-6-4-14-25-17-19/h4,6,8-14,16-17H,3,5,7,15H2,1-2H3. The minimum atomic E-state index is 0.259. The molecule has 0 unspecified atom stereocenters. The summed E-state index contributed by atoms with van der Waals surface area (Å²) in [6.45, 7) is 0. The van der Waals surface area contributed by atoms with Gasteiger partial charge in [0.1, 0.15) is 5.78 Å². The molecule has 3 aromatic rings. The maximum Gasteiger partial charge on any atom is 0.161 e. The summed E-state index contributed by atoms with van der Waals surface area (Å²) in [4.78, 5) is 16.2. The van der Waals surface area contributed by atoms with Crippen LogP contribution in [-0.4, -0.2) is 25.0 Å². The number of methoxy groups -OCH3 is 2. The van der Waals surface area contributed by atoms with Crippen LogP contribution in [0.3, 0.4) is 0 Å². The van der Waals surface area contributed by atoms with Crippen LogP contribution >= 0.6 is 0 Å². The second-order valence-electron chi connectivity index (χ2n) is 6.70. The van der Waals surface area contributed by atoms with Gasteiger partial charge >= 0.3 is 0 Å². The van der Waals surface area contributed by atoms with Gasteiger partial charge in [0.05, 0.1) is 14.2 Å². The van der Waals surface area contributed by atoms with E-state index < -0.39 is 0 Å². The maximum atomic E-state index is 12.1. The highest BCUT2D eigenvalue weighted by Gasteiger charge is 2.07. The quantitative estimate of drug-likeness (QED) is 0.534. The first kappa shape index (κ1) is 19.6. The number of benzene rings is 2. The smallest absolute Gasteiger partial charge is 0.161 e. The molecule has 0 spiro atoms. The lowest BCUT2D eigenvalue weighted by Crippen LogP contribution is -2.03. The molecule has 3 rings (SSSR count). The Hall–Kier alpha value is -3.14. The molecule has 0 aliphatic carbocycles. The lowest BCUT2D eigenvalue weighted by atomic mass is 10.00. The Bertz CT molecular complexity index is 905. The van der Waals surface area contributed by atoms with E-state index in [0.717, 1.165) is 41.0 Å². The molecule has 0 bridgehead atoms. The first-order chi connectivity index (χ1) is 13.7. The number of carbonyl (C=O) groups is 1. The van der Waals surface area contributed by atoms with Gasteiger partial charge in [-0.3, -0.25) is 9.78 Å². The van der Waals surface area contributed by atoms with Gasteiger partial charge in [-0.05, 0) is 53.3 Å². The van der Waals surface area contributed by atoms with Gasteiger partial charge in [-0.15, -0.1) is 0 Å². The predicted octanol–water partition coefficient (Wildman–Crippen LogP) is 4.90. The van der Waals surface area contributed by atoms with E-state index in [4.69, 9.17) is 9.47 Å². The van der Waals surface area contributed by atoms with Crippen molar-refractivity contribution < 1.29 is 14.3 Å². The lowest BCUT2D eigenvalue weighted by molar-refractivity contribution is -0.118. The van der Waals surface area contributed by atoms with Crippen LogP contribution in [0.5, 0.6) is 11.5 Å². The number of ketones is 1. The number of nitrogens with zero attached hydrogens (tertiary/aromatic N) is 1. The Labute approximate surface area is 166 Å². The van der Waals surface area contributed by atoms with Gasteiger partial charge in [-0.1, -0.05) is 36.4 Å². The Kier molecular flexibility index (Phi) is 6.79. The van der Waals surface area contributed by atoms with Crippen LogP contribution in [0.4, 0.5) is 0 Å². The predicted molar refractivity (Wildman–Crippen MR) is 111 cm³/mol. The average molecular weight is 375 g/mol. The molecule has 0 aliphatic rings. The van der Waals surface area contributed by atoms with Crippen LogP contribution < -0.4 is 9.47 Å². The third-order valence-corrected chi connectivity index (χ3v) is 4.72. The summed E-state index contributed by atoms with van der Waals surface area (Å²) in [6, 6.07) is 18.2. The van der Waals surface area contributed by atoms with Crippen molar-refractivity contribution in [3.63, 3.8) is 0 Å². The molecule has 0 atom stereocenters. The first-order valence-corrected chi connectivity index (χ1v) is 9.41. The molecule has 1 aromatic heterocycles. The number of Topliss-reactive ketones (excluding diaryl/α,β-unsaturated/α-hetero) is 1. The van der Waals surface area contributed by atoms with E-state index in [2.05, 4.69) is 29.2 Å². The topological polar surface area (TPSA) is 48.4 Å². The summed E-state index contributed by atoms with van der Waals surface area (Å²) in [5.41, 5.74) is 4.42. The Morgan fingerprint density at radius 2 is 1.64 bits per heavy atom. The average Bonchev–Trinajstić information content (AvgIpc) is 2.74. The fourth-order valence-electron chi connectivity index (χ4n) is 3.19. The number of aromatic nitrogens is 1. The summed E-state index contributed by atoms with van der Waals surface area (Å²) in [5.74, 6) is 1.70. The molecule has 1 heterocycles. The number of hydrogen-bond acceptors (Lipinski definition) is 4. The number of aryl methyl sites for hydroxylation is 1. The van der Waals surface area contributed by atoms with Gasteiger partial charge in [0.25, 0.3) is 0 Å². The van der Waals surface area contributed by atoms with Crippen molar-refractivity contribution >= 4 is 5.78 Å². The van der Waals surface area contributed by atoms with Crippen LogP contribution in [0, 0.1) is 0 Å². The molecule has 0 fully saturated rings. The molecule has 0 radical (unpaired) electrons. The summed E-state index contributed by atoms with van der Waals surface area (Å²) >= 11 is 0. The Balaban J connectivity index is 1.54. The third-order valence-electron chi connectivity index (χ3n) is 4.72. The number of rotatable bonds is 9. The first-order valence-electron chi connectivity index (χ1n) is 9.41. The summed E-state index contributed by atoms with van der Waals surface area (Å²) in [7, 11) is 3.27. The molecule has 144 valence electrons. The Morgan fingerprint density at radius 3 is 2.32 bits per heavy atom. The van der Waals surface area contributed by atoms with Crippen molar-refractivity contribution in [2.75, 3.05) is 14.2 Å². The van der Waals surface area contributed by atoms with Gasteiger partial charge in [0.15, 0.2) is 11.5 Å². The zero-order valence-corrected chi connectivity index (χ0v) is 16.4. The molecule has 0 N–H and O–H groups in total. The molecule has 0 amide bonds. The highest BCUT2D eigenvalue weighted by Crippen LogP contribution is 2.32. The SMILES string of the molecule is COc1ccc(-c2ccc(CCCC(=O)Cc3cccnc3)cc2)cc1OC. The number of hydrogen-bond donors (Lipinski definition) is 0. The summed E-state index contributed by atoms with van der Waals surface area (Å²) in [5, 5.41) is 0. The van der Waals surface area contributed by atoms with Crippen molar-refractivity contribution in [3.05, 3.63) is 78.1 Å².